The minimum absolute atomic E-state index is 0.0716. The van der Waals surface area contributed by atoms with Gasteiger partial charge in [-0.2, -0.15) is 0 Å². The number of para-hydroxylation sites is 1. The summed E-state index contributed by atoms with van der Waals surface area (Å²) in [6.07, 6.45) is 5.64. The van der Waals surface area contributed by atoms with E-state index in [2.05, 4.69) is 28.2 Å². The molecule has 1 atom stereocenters. The Bertz CT molecular complexity index is 712. The van der Waals surface area contributed by atoms with E-state index in [1.807, 2.05) is 18.2 Å². The zero-order chi connectivity index (χ0) is 18.4. The number of hydrogen-bond acceptors (Lipinski definition) is 4. The minimum atomic E-state index is -0.0716. The lowest BCUT2D eigenvalue weighted by Gasteiger charge is -2.37. The van der Waals surface area contributed by atoms with Gasteiger partial charge in [-0.3, -0.25) is 14.7 Å². The minimum Gasteiger partial charge on any atom is -0.496 e. The van der Waals surface area contributed by atoms with E-state index < -0.39 is 0 Å². The summed E-state index contributed by atoms with van der Waals surface area (Å²) in [5, 5.41) is 3.09. The normalized spacial score (nSPS) is 16.8. The SMILES string of the molecule is COc1ccccc1C(CNC(=O)c1ccncc1)N1CCC(C)CC1. The van der Waals surface area contributed by atoms with E-state index in [1.165, 1.54) is 12.8 Å². The molecule has 2 aromatic rings. The first-order chi connectivity index (χ1) is 12.7. The molecule has 0 radical (unpaired) electrons. The molecule has 1 amide bonds. The van der Waals surface area contributed by atoms with Crippen molar-refractivity contribution in [2.75, 3.05) is 26.7 Å². The number of nitrogens with one attached hydrogen (secondary N) is 1. The Morgan fingerprint density at radius 1 is 1.23 bits per heavy atom. The van der Waals surface area contributed by atoms with Crippen LogP contribution in [0.15, 0.2) is 48.8 Å². The average Bonchev–Trinajstić information content (AvgIpc) is 2.70. The molecule has 5 nitrogen and oxygen atoms in total. The van der Waals surface area contributed by atoms with Gasteiger partial charge in [-0.25, -0.2) is 0 Å². The average molecular weight is 353 g/mol. The molecular formula is C21H27N3O2. The van der Waals surface area contributed by atoms with Gasteiger partial charge in [0.05, 0.1) is 13.2 Å². The molecule has 1 saturated heterocycles. The summed E-state index contributed by atoms with van der Waals surface area (Å²) < 4.78 is 5.58. The van der Waals surface area contributed by atoms with Crippen LogP contribution >= 0.6 is 0 Å². The predicted octanol–water partition coefficient (Wildman–Crippen LogP) is 3.29. The molecule has 3 rings (SSSR count). The molecule has 1 aromatic heterocycles. The van der Waals surface area contributed by atoms with Crippen molar-refractivity contribution < 1.29 is 9.53 Å². The highest BCUT2D eigenvalue weighted by Crippen LogP contribution is 2.31. The second kappa shape index (κ2) is 8.81. The van der Waals surface area contributed by atoms with Crippen molar-refractivity contribution in [2.45, 2.75) is 25.8 Å². The van der Waals surface area contributed by atoms with Gasteiger partial charge < -0.3 is 10.1 Å². The standard InChI is InChI=1S/C21H27N3O2/c1-16-9-13-24(14-10-16)19(18-5-3-4-6-20(18)26-2)15-23-21(25)17-7-11-22-12-8-17/h3-8,11-12,16,19H,9-10,13-15H2,1-2H3,(H,23,25). The molecule has 0 aliphatic carbocycles. The van der Waals surface area contributed by atoms with Crippen LogP contribution in [0, 0.1) is 5.92 Å². The summed E-state index contributed by atoms with van der Waals surface area (Å²) in [5.41, 5.74) is 1.76. The summed E-state index contributed by atoms with van der Waals surface area (Å²) in [6, 6.07) is 11.7. The molecule has 1 aliphatic rings. The Labute approximate surface area is 155 Å². The monoisotopic (exact) mass is 353 g/mol. The Balaban J connectivity index is 1.78. The van der Waals surface area contributed by atoms with Crippen molar-refractivity contribution in [3.63, 3.8) is 0 Å². The van der Waals surface area contributed by atoms with Gasteiger partial charge in [0.2, 0.25) is 0 Å². The van der Waals surface area contributed by atoms with Gasteiger partial charge in [-0.05, 0) is 50.0 Å². The fourth-order valence-electron chi connectivity index (χ4n) is 3.51. The topological polar surface area (TPSA) is 54.5 Å². The third-order valence-corrected chi connectivity index (χ3v) is 5.16. The van der Waals surface area contributed by atoms with Crippen molar-refractivity contribution in [3.8, 4) is 5.75 Å². The molecule has 1 fully saturated rings. The lowest BCUT2D eigenvalue weighted by Crippen LogP contribution is -2.42. The van der Waals surface area contributed by atoms with Gasteiger partial charge in [0.25, 0.3) is 5.91 Å². The van der Waals surface area contributed by atoms with Crippen LogP contribution < -0.4 is 10.1 Å². The molecule has 0 spiro atoms. The smallest absolute Gasteiger partial charge is 0.251 e. The molecule has 1 N–H and O–H groups in total. The first-order valence-corrected chi connectivity index (χ1v) is 9.24. The number of carbonyl (C=O) groups is 1. The van der Waals surface area contributed by atoms with E-state index in [9.17, 15) is 4.79 Å². The maximum Gasteiger partial charge on any atom is 0.251 e. The van der Waals surface area contributed by atoms with Gasteiger partial charge in [-0.1, -0.05) is 25.1 Å². The number of hydrogen-bond donors (Lipinski definition) is 1. The van der Waals surface area contributed by atoms with Crippen molar-refractivity contribution in [2.24, 2.45) is 5.92 Å². The quantitative estimate of drug-likeness (QED) is 0.866. The van der Waals surface area contributed by atoms with Crippen LogP contribution in [-0.2, 0) is 0 Å². The lowest BCUT2D eigenvalue weighted by atomic mass is 9.95. The van der Waals surface area contributed by atoms with Gasteiger partial charge in [-0.15, -0.1) is 0 Å². The van der Waals surface area contributed by atoms with Crippen LogP contribution in [0.25, 0.3) is 0 Å². The number of rotatable bonds is 6. The summed E-state index contributed by atoms with van der Waals surface area (Å²) in [4.78, 5) is 18.9. The summed E-state index contributed by atoms with van der Waals surface area (Å²) in [5.74, 6) is 1.56. The summed E-state index contributed by atoms with van der Waals surface area (Å²) in [6.45, 7) is 4.93. The molecule has 2 heterocycles. The number of likely N-dealkylation sites (tertiary alicyclic amines) is 1. The van der Waals surface area contributed by atoms with E-state index >= 15 is 0 Å². The van der Waals surface area contributed by atoms with Crippen molar-refractivity contribution >= 4 is 5.91 Å². The predicted molar refractivity (Wildman–Crippen MR) is 102 cm³/mol. The van der Waals surface area contributed by atoms with Gasteiger partial charge in [0.15, 0.2) is 0 Å². The number of methoxy groups -OCH3 is 1. The largest absolute Gasteiger partial charge is 0.496 e. The number of pyridine rings is 1. The summed E-state index contributed by atoms with van der Waals surface area (Å²) in [7, 11) is 1.70. The van der Waals surface area contributed by atoms with Crippen LogP contribution in [0.5, 0.6) is 5.75 Å². The first kappa shape index (κ1) is 18.4. The highest BCUT2D eigenvalue weighted by atomic mass is 16.5. The number of nitrogens with zero attached hydrogens (tertiary/aromatic N) is 2. The number of carbonyl (C=O) groups excluding carboxylic acids is 1. The molecule has 1 aliphatic heterocycles. The van der Waals surface area contributed by atoms with E-state index in [0.29, 0.717) is 12.1 Å². The number of benzene rings is 1. The zero-order valence-electron chi connectivity index (χ0n) is 15.5. The molecule has 26 heavy (non-hydrogen) atoms. The molecule has 138 valence electrons. The first-order valence-electron chi connectivity index (χ1n) is 9.24. The molecule has 0 saturated carbocycles. The van der Waals surface area contributed by atoms with Crippen molar-refractivity contribution in [3.05, 3.63) is 59.9 Å². The molecule has 1 aromatic carbocycles. The zero-order valence-corrected chi connectivity index (χ0v) is 15.5. The fraction of sp³-hybridized carbons (Fsp3) is 0.429. The maximum absolute atomic E-state index is 12.5. The highest BCUT2D eigenvalue weighted by molar-refractivity contribution is 5.93. The maximum atomic E-state index is 12.5. The third kappa shape index (κ3) is 4.41. The van der Waals surface area contributed by atoms with Crippen LogP contribution in [-0.4, -0.2) is 42.5 Å². The number of piperidine rings is 1. The van der Waals surface area contributed by atoms with Gasteiger partial charge in [0.1, 0.15) is 5.75 Å². The Morgan fingerprint density at radius 3 is 2.62 bits per heavy atom. The van der Waals surface area contributed by atoms with E-state index in [1.54, 1.807) is 31.6 Å². The van der Waals surface area contributed by atoms with Crippen LogP contribution in [0.2, 0.25) is 0 Å². The highest BCUT2D eigenvalue weighted by Gasteiger charge is 2.27. The van der Waals surface area contributed by atoms with E-state index in [4.69, 9.17) is 4.74 Å². The van der Waals surface area contributed by atoms with E-state index in [0.717, 1.165) is 30.3 Å². The van der Waals surface area contributed by atoms with Crippen molar-refractivity contribution in [1.82, 2.24) is 15.2 Å². The Kier molecular flexibility index (Phi) is 6.23. The van der Waals surface area contributed by atoms with Gasteiger partial charge >= 0.3 is 0 Å². The molecule has 1 unspecified atom stereocenters. The second-order valence-electron chi connectivity index (χ2n) is 6.92. The van der Waals surface area contributed by atoms with Gasteiger partial charge in [0, 0.05) is 30.1 Å². The Hall–Kier alpha value is -2.40. The molecule has 5 heteroatoms. The third-order valence-electron chi connectivity index (χ3n) is 5.16. The van der Waals surface area contributed by atoms with Crippen molar-refractivity contribution in [1.29, 1.82) is 0 Å². The molecule has 0 bridgehead atoms. The van der Waals surface area contributed by atoms with Crippen LogP contribution in [0.1, 0.15) is 41.7 Å². The summed E-state index contributed by atoms with van der Waals surface area (Å²) >= 11 is 0. The Morgan fingerprint density at radius 2 is 1.92 bits per heavy atom. The second-order valence-corrected chi connectivity index (χ2v) is 6.92. The van der Waals surface area contributed by atoms with Crippen LogP contribution in [0.3, 0.4) is 0 Å². The van der Waals surface area contributed by atoms with E-state index in [-0.39, 0.29) is 11.9 Å². The number of aromatic nitrogens is 1. The molecular weight excluding hydrogens is 326 g/mol. The fourth-order valence-corrected chi connectivity index (χ4v) is 3.51. The number of ether oxygens (including phenoxy) is 1. The van der Waals surface area contributed by atoms with Crippen LogP contribution in [0.4, 0.5) is 0 Å². The number of amides is 1. The lowest BCUT2D eigenvalue weighted by molar-refractivity contribution is 0.0911.